The van der Waals surface area contributed by atoms with Gasteiger partial charge in [0.15, 0.2) is 0 Å². The summed E-state index contributed by atoms with van der Waals surface area (Å²) in [4.78, 5) is 12.5. The maximum absolute atomic E-state index is 12.5. The molecule has 1 aliphatic carbocycles. The molecule has 1 aliphatic rings. The SMILES string of the molecule is COc1c(C(=O)N[C@H]2C[C@@H](O)[C@@H]2n2cccn2)c(C)nn1C. The van der Waals surface area contributed by atoms with E-state index in [-0.39, 0.29) is 18.0 Å². The number of carbonyl (C=O) groups excluding carboxylic acids is 1. The first-order chi connectivity index (χ1) is 10.5. The van der Waals surface area contributed by atoms with Gasteiger partial charge in [-0.3, -0.25) is 9.48 Å². The summed E-state index contributed by atoms with van der Waals surface area (Å²) in [5.41, 5.74) is 1.03. The van der Waals surface area contributed by atoms with Gasteiger partial charge in [0, 0.05) is 19.4 Å². The van der Waals surface area contributed by atoms with Crippen LogP contribution in [0.5, 0.6) is 5.88 Å². The Morgan fingerprint density at radius 2 is 2.32 bits per heavy atom. The van der Waals surface area contributed by atoms with Gasteiger partial charge in [-0.25, -0.2) is 4.68 Å². The van der Waals surface area contributed by atoms with Crippen molar-refractivity contribution in [3.63, 3.8) is 0 Å². The molecule has 8 nitrogen and oxygen atoms in total. The zero-order valence-corrected chi connectivity index (χ0v) is 12.7. The quantitative estimate of drug-likeness (QED) is 0.831. The van der Waals surface area contributed by atoms with Crippen LogP contribution in [0.15, 0.2) is 18.5 Å². The first-order valence-electron chi connectivity index (χ1n) is 7.08. The van der Waals surface area contributed by atoms with Gasteiger partial charge in [0.25, 0.3) is 5.91 Å². The molecule has 0 aromatic carbocycles. The Morgan fingerprint density at radius 3 is 2.91 bits per heavy atom. The second-order valence-electron chi connectivity index (χ2n) is 5.45. The average molecular weight is 305 g/mol. The molecule has 0 radical (unpaired) electrons. The van der Waals surface area contributed by atoms with Crippen LogP contribution in [-0.2, 0) is 7.05 Å². The van der Waals surface area contributed by atoms with E-state index in [1.54, 1.807) is 37.1 Å². The highest BCUT2D eigenvalue weighted by Gasteiger charge is 2.43. The largest absolute Gasteiger partial charge is 0.481 e. The maximum atomic E-state index is 12.5. The summed E-state index contributed by atoms with van der Waals surface area (Å²) in [6.45, 7) is 1.76. The Labute approximate surface area is 127 Å². The van der Waals surface area contributed by atoms with Crippen LogP contribution in [0.2, 0.25) is 0 Å². The summed E-state index contributed by atoms with van der Waals surface area (Å²) in [6, 6.07) is 1.37. The number of nitrogens with zero attached hydrogens (tertiary/aromatic N) is 4. The van der Waals surface area contributed by atoms with E-state index in [9.17, 15) is 9.90 Å². The number of rotatable bonds is 4. The normalized spacial score (nSPS) is 23.9. The topological polar surface area (TPSA) is 94.2 Å². The van der Waals surface area contributed by atoms with Crippen molar-refractivity contribution in [2.45, 2.75) is 31.5 Å². The van der Waals surface area contributed by atoms with Crippen molar-refractivity contribution in [3.05, 3.63) is 29.7 Å². The van der Waals surface area contributed by atoms with E-state index < -0.39 is 6.10 Å². The average Bonchev–Trinajstić information content (AvgIpc) is 3.05. The molecule has 1 fully saturated rings. The van der Waals surface area contributed by atoms with Gasteiger partial charge < -0.3 is 15.2 Å². The predicted octanol–water partition coefficient (Wildman–Crippen LogP) is 0.0379. The lowest BCUT2D eigenvalue weighted by Crippen LogP contribution is -2.56. The van der Waals surface area contributed by atoms with Gasteiger partial charge in [0.2, 0.25) is 5.88 Å². The number of hydrogen-bond donors (Lipinski definition) is 2. The number of nitrogens with one attached hydrogen (secondary N) is 1. The number of aliphatic hydroxyl groups is 1. The predicted molar refractivity (Wildman–Crippen MR) is 77.6 cm³/mol. The molecule has 3 atom stereocenters. The van der Waals surface area contributed by atoms with E-state index in [0.29, 0.717) is 23.6 Å². The smallest absolute Gasteiger partial charge is 0.258 e. The number of aromatic nitrogens is 4. The standard InChI is InChI=1S/C14H19N5O3/c1-8-11(14(22-3)18(2)17-8)13(21)16-9-7-10(20)12(9)19-6-4-5-15-19/h4-6,9-10,12,20H,7H2,1-3H3,(H,16,21)/t9-,10+,12+/m0/s1. The van der Waals surface area contributed by atoms with Crippen LogP contribution in [0.1, 0.15) is 28.5 Å². The van der Waals surface area contributed by atoms with E-state index in [2.05, 4.69) is 15.5 Å². The van der Waals surface area contributed by atoms with Gasteiger partial charge in [0.1, 0.15) is 5.56 Å². The van der Waals surface area contributed by atoms with Crippen LogP contribution in [0.25, 0.3) is 0 Å². The van der Waals surface area contributed by atoms with Crippen molar-refractivity contribution in [3.8, 4) is 5.88 Å². The lowest BCUT2D eigenvalue weighted by molar-refractivity contribution is -0.00591. The van der Waals surface area contributed by atoms with E-state index in [1.165, 1.54) is 11.8 Å². The van der Waals surface area contributed by atoms with Crippen LogP contribution in [0.4, 0.5) is 0 Å². The minimum Gasteiger partial charge on any atom is -0.481 e. The number of ether oxygens (including phenoxy) is 1. The van der Waals surface area contributed by atoms with Crippen LogP contribution in [0.3, 0.4) is 0 Å². The molecule has 22 heavy (non-hydrogen) atoms. The Balaban J connectivity index is 1.78. The highest BCUT2D eigenvalue weighted by atomic mass is 16.5. The van der Waals surface area contributed by atoms with Gasteiger partial charge in [0.05, 0.1) is 31.0 Å². The molecule has 1 amide bonds. The van der Waals surface area contributed by atoms with Crippen LogP contribution >= 0.6 is 0 Å². The third-order valence-electron chi connectivity index (χ3n) is 4.04. The van der Waals surface area contributed by atoms with Gasteiger partial charge in [-0.1, -0.05) is 0 Å². The molecule has 2 heterocycles. The van der Waals surface area contributed by atoms with E-state index in [0.717, 1.165) is 0 Å². The third kappa shape index (κ3) is 2.25. The number of amides is 1. The zero-order chi connectivity index (χ0) is 15.9. The molecular formula is C14H19N5O3. The molecule has 0 saturated heterocycles. The molecule has 3 rings (SSSR count). The minimum absolute atomic E-state index is 0.174. The van der Waals surface area contributed by atoms with Crippen molar-refractivity contribution in [1.29, 1.82) is 0 Å². The molecule has 2 aromatic rings. The number of aryl methyl sites for hydroxylation is 2. The summed E-state index contributed by atoms with van der Waals surface area (Å²) in [5, 5.41) is 21.2. The van der Waals surface area contributed by atoms with Gasteiger partial charge >= 0.3 is 0 Å². The molecule has 1 saturated carbocycles. The molecule has 2 aromatic heterocycles. The molecular weight excluding hydrogens is 286 g/mol. The van der Waals surface area contributed by atoms with Crippen LogP contribution in [0, 0.1) is 6.92 Å². The Morgan fingerprint density at radius 1 is 1.55 bits per heavy atom. The third-order valence-corrected chi connectivity index (χ3v) is 4.04. The maximum Gasteiger partial charge on any atom is 0.258 e. The van der Waals surface area contributed by atoms with Crippen molar-refractivity contribution < 1.29 is 14.6 Å². The summed E-state index contributed by atoms with van der Waals surface area (Å²) >= 11 is 0. The summed E-state index contributed by atoms with van der Waals surface area (Å²) in [6.07, 6.45) is 3.42. The highest BCUT2D eigenvalue weighted by molar-refractivity contribution is 5.97. The number of carbonyl (C=O) groups is 1. The zero-order valence-electron chi connectivity index (χ0n) is 12.7. The van der Waals surface area contributed by atoms with Crippen molar-refractivity contribution in [1.82, 2.24) is 24.9 Å². The van der Waals surface area contributed by atoms with E-state index >= 15 is 0 Å². The van der Waals surface area contributed by atoms with Gasteiger partial charge in [-0.05, 0) is 19.4 Å². The molecule has 118 valence electrons. The van der Waals surface area contributed by atoms with Crippen molar-refractivity contribution >= 4 is 5.91 Å². The Bertz CT molecular complexity index is 679. The molecule has 0 bridgehead atoms. The molecule has 2 N–H and O–H groups in total. The summed E-state index contributed by atoms with van der Waals surface area (Å²) in [5.74, 6) is 0.169. The Kier molecular flexibility index (Phi) is 3.61. The fourth-order valence-electron chi connectivity index (χ4n) is 2.95. The summed E-state index contributed by atoms with van der Waals surface area (Å²) < 4.78 is 8.45. The second-order valence-corrected chi connectivity index (χ2v) is 5.45. The number of aliphatic hydroxyl groups excluding tert-OH is 1. The molecule has 0 aliphatic heterocycles. The second kappa shape index (κ2) is 5.45. The lowest BCUT2D eigenvalue weighted by Gasteiger charge is -2.41. The van der Waals surface area contributed by atoms with Gasteiger partial charge in [-0.2, -0.15) is 10.2 Å². The van der Waals surface area contributed by atoms with Gasteiger partial charge in [-0.15, -0.1) is 0 Å². The minimum atomic E-state index is -0.512. The molecule has 0 unspecified atom stereocenters. The van der Waals surface area contributed by atoms with E-state index in [4.69, 9.17) is 4.74 Å². The fourth-order valence-corrected chi connectivity index (χ4v) is 2.95. The monoisotopic (exact) mass is 305 g/mol. The van der Waals surface area contributed by atoms with Crippen LogP contribution < -0.4 is 10.1 Å². The summed E-state index contributed by atoms with van der Waals surface area (Å²) in [7, 11) is 3.23. The molecule has 0 spiro atoms. The lowest BCUT2D eigenvalue weighted by atomic mass is 9.83. The van der Waals surface area contributed by atoms with E-state index in [1.807, 2.05) is 0 Å². The van der Waals surface area contributed by atoms with Crippen LogP contribution in [-0.4, -0.2) is 49.8 Å². The van der Waals surface area contributed by atoms with Crippen molar-refractivity contribution in [2.24, 2.45) is 7.05 Å². The first-order valence-corrected chi connectivity index (χ1v) is 7.08. The number of methoxy groups -OCH3 is 1. The van der Waals surface area contributed by atoms with Crippen molar-refractivity contribution in [2.75, 3.05) is 7.11 Å². The highest BCUT2D eigenvalue weighted by Crippen LogP contribution is 2.33. The Hall–Kier alpha value is -2.35. The molecule has 8 heteroatoms. The number of hydrogen-bond acceptors (Lipinski definition) is 5. The fraction of sp³-hybridized carbons (Fsp3) is 0.500. The first kappa shape index (κ1) is 14.6.